The minimum absolute atomic E-state index is 0.430. The Labute approximate surface area is 115 Å². The van der Waals surface area contributed by atoms with Gasteiger partial charge < -0.3 is 0 Å². The molecule has 17 heavy (non-hydrogen) atoms. The Morgan fingerprint density at radius 2 is 1.88 bits per heavy atom. The summed E-state index contributed by atoms with van der Waals surface area (Å²) in [5.74, 6) is 0.798. The Kier molecular flexibility index (Phi) is 4.32. The first kappa shape index (κ1) is 12.7. The lowest BCUT2D eigenvalue weighted by Gasteiger charge is -2.04. The number of pyridine rings is 1. The van der Waals surface area contributed by atoms with Crippen LogP contribution < -0.4 is 0 Å². The summed E-state index contributed by atoms with van der Waals surface area (Å²) in [7, 11) is 0. The SMILES string of the molecule is Cc1ccc(SCc2cnc(Cl)cc2Cl)cc1. The van der Waals surface area contributed by atoms with Gasteiger partial charge in [0.1, 0.15) is 5.15 Å². The molecule has 1 aromatic carbocycles. The summed E-state index contributed by atoms with van der Waals surface area (Å²) in [5, 5.41) is 1.10. The number of hydrogen-bond acceptors (Lipinski definition) is 2. The number of thioether (sulfide) groups is 1. The molecule has 2 rings (SSSR count). The Morgan fingerprint density at radius 1 is 1.18 bits per heavy atom. The maximum absolute atomic E-state index is 6.08. The van der Waals surface area contributed by atoms with Crippen molar-refractivity contribution in [3.63, 3.8) is 0 Å². The molecule has 4 heteroatoms. The van der Waals surface area contributed by atoms with Crippen molar-refractivity contribution in [3.8, 4) is 0 Å². The van der Waals surface area contributed by atoms with Gasteiger partial charge in [-0.25, -0.2) is 4.98 Å². The van der Waals surface area contributed by atoms with Crippen molar-refractivity contribution in [1.29, 1.82) is 0 Å². The van der Waals surface area contributed by atoms with E-state index in [9.17, 15) is 0 Å². The quantitative estimate of drug-likeness (QED) is 0.581. The molecule has 0 aliphatic heterocycles. The Hall–Kier alpha value is -0.700. The number of halogens is 2. The van der Waals surface area contributed by atoms with Gasteiger partial charge in [0.2, 0.25) is 0 Å². The van der Waals surface area contributed by atoms with Gasteiger partial charge in [0.25, 0.3) is 0 Å². The lowest BCUT2D eigenvalue weighted by molar-refractivity contribution is 1.25. The lowest BCUT2D eigenvalue weighted by atomic mass is 10.2. The second-order valence-electron chi connectivity index (χ2n) is 3.70. The van der Waals surface area contributed by atoms with E-state index in [1.54, 1.807) is 24.0 Å². The zero-order chi connectivity index (χ0) is 12.3. The molecule has 1 heterocycles. The third-order valence-corrected chi connectivity index (χ3v) is 3.93. The van der Waals surface area contributed by atoms with E-state index in [2.05, 4.69) is 36.2 Å². The van der Waals surface area contributed by atoms with Gasteiger partial charge in [0, 0.05) is 21.9 Å². The minimum atomic E-state index is 0.430. The Morgan fingerprint density at radius 3 is 2.53 bits per heavy atom. The highest BCUT2D eigenvalue weighted by Gasteiger charge is 2.03. The molecular formula is C13H11Cl2NS. The Bertz CT molecular complexity index is 511. The highest BCUT2D eigenvalue weighted by molar-refractivity contribution is 7.98. The topological polar surface area (TPSA) is 12.9 Å². The fourth-order valence-corrected chi connectivity index (χ4v) is 2.73. The number of rotatable bonds is 3. The molecule has 0 atom stereocenters. The van der Waals surface area contributed by atoms with Gasteiger partial charge in [-0.3, -0.25) is 0 Å². The summed E-state index contributed by atoms with van der Waals surface area (Å²) in [4.78, 5) is 5.26. The van der Waals surface area contributed by atoms with Crippen molar-refractivity contribution < 1.29 is 0 Å². The number of nitrogens with zero attached hydrogens (tertiary/aromatic N) is 1. The molecule has 0 spiro atoms. The molecule has 0 aliphatic carbocycles. The van der Waals surface area contributed by atoms with E-state index >= 15 is 0 Å². The first-order valence-corrected chi connectivity index (χ1v) is 6.89. The molecule has 2 aromatic rings. The van der Waals surface area contributed by atoms with Gasteiger partial charge in [-0.1, -0.05) is 40.9 Å². The molecule has 0 saturated heterocycles. The van der Waals surface area contributed by atoms with Crippen LogP contribution in [0.25, 0.3) is 0 Å². The van der Waals surface area contributed by atoms with Gasteiger partial charge in [0.05, 0.1) is 0 Å². The van der Waals surface area contributed by atoms with Crippen molar-refractivity contribution in [2.75, 3.05) is 0 Å². The molecule has 0 unspecified atom stereocenters. The van der Waals surface area contributed by atoms with E-state index in [1.165, 1.54) is 10.5 Å². The van der Waals surface area contributed by atoms with Crippen LogP contribution in [0.5, 0.6) is 0 Å². The standard InChI is InChI=1S/C13H11Cl2NS/c1-9-2-4-11(5-3-9)17-8-10-7-16-13(15)6-12(10)14/h2-7H,8H2,1H3. The monoisotopic (exact) mass is 283 g/mol. The van der Waals surface area contributed by atoms with Crippen molar-refractivity contribution in [3.05, 3.63) is 57.8 Å². The third-order valence-electron chi connectivity index (χ3n) is 2.31. The van der Waals surface area contributed by atoms with Crippen LogP contribution in [0.4, 0.5) is 0 Å². The fraction of sp³-hybridized carbons (Fsp3) is 0.154. The maximum atomic E-state index is 6.08. The molecule has 0 radical (unpaired) electrons. The van der Waals surface area contributed by atoms with Crippen molar-refractivity contribution in [2.24, 2.45) is 0 Å². The molecule has 0 bridgehead atoms. The van der Waals surface area contributed by atoms with Crippen molar-refractivity contribution in [1.82, 2.24) is 4.98 Å². The number of benzene rings is 1. The van der Waals surface area contributed by atoms with Crippen LogP contribution in [0.15, 0.2) is 41.4 Å². The van der Waals surface area contributed by atoms with E-state index in [-0.39, 0.29) is 0 Å². The summed E-state index contributed by atoms with van der Waals surface area (Å²) in [6, 6.07) is 10.1. The molecule has 0 fully saturated rings. The number of aromatic nitrogens is 1. The summed E-state index contributed by atoms with van der Waals surface area (Å²) < 4.78 is 0. The molecule has 1 nitrogen and oxygen atoms in total. The summed E-state index contributed by atoms with van der Waals surface area (Å²) in [6.45, 7) is 2.08. The highest BCUT2D eigenvalue weighted by Crippen LogP contribution is 2.27. The molecule has 0 amide bonds. The minimum Gasteiger partial charge on any atom is -0.244 e. The van der Waals surface area contributed by atoms with E-state index in [4.69, 9.17) is 23.2 Å². The van der Waals surface area contributed by atoms with E-state index < -0.39 is 0 Å². The van der Waals surface area contributed by atoms with Gasteiger partial charge in [-0.15, -0.1) is 11.8 Å². The predicted octanol–water partition coefficient (Wildman–Crippen LogP) is 4.99. The largest absolute Gasteiger partial charge is 0.244 e. The molecular weight excluding hydrogens is 273 g/mol. The average molecular weight is 284 g/mol. The van der Waals surface area contributed by atoms with Crippen LogP contribution in [0.2, 0.25) is 10.2 Å². The van der Waals surface area contributed by atoms with Crippen LogP contribution in [0.3, 0.4) is 0 Å². The number of hydrogen-bond donors (Lipinski definition) is 0. The molecule has 1 aromatic heterocycles. The van der Waals surface area contributed by atoms with E-state index in [0.717, 1.165) is 11.3 Å². The van der Waals surface area contributed by atoms with Crippen LogP contribution in [0.1, 0.15) is 11.1 Å². The fourth-order valence-electron chi connectivity index (χ4n) is 1.34. The van der Waals surface area contributed by atoms with Crippen LogP contribution >= 0.6 is 35.0 Å². The second-order valence-corrected chi connectivity index (χ2v) is 5.54. The maximum Gasteiger partial charge on any atom is 0.130 e. The summed E-state index contributed by atoms with van der Waals surface area (Å²) in [5.41, 5.74) is 2.27. The molecule has 0 saturated carbocycles. The van der Waals surface area contributed by atoms with Gasteiger partial charge in [-0.2, -0.15) is 0 Å². The highest BCUT2D eigenvalue weighted by atomic mass is 35.5. The molecule has 0 aliphatic rings. The van der Waals surface area contributed by atoms with Crippen molar-refractivity contribution >= 4 is 35.0 Å². The predicted molar refractivity (Wildman–Crippen MR) is 75.0 cm³/mol. The second kappa shape index (κ2) is 5.76. The molecule has 0 N–H and O–H groups in total. The van der Waals surface area contributed by atoms with E-state index in [1.807, 2.05) is 0 Å². The summed E-state index contributed by atoms with van der Waals surface area (Å²) in [6.07, 6.45) is 1.73. The first-order valence-electron chi connectivity index (χ1n) is 5.14. The smallest absolute Gasteiger partial charge is 0.130 e. The van der Waals surface area contributed by atoms with Gasteiger partial charge in [0.15, 0.2) is 0 Å². The lowest BCUT2D eigenvalue weighted by Crippen LogP contribution is -1.86. The van der Waals surface area contributed by atoms with Crippen LogP contribution in [0, 0.1) is 6.92 Å². The number of aryl methyl sites for hydroxylation is 1. The van der Waals surface area contributed by atoms with E-state index in [0.29, 0.717) is 10.2 Å². The zero-order valence-corrected chi connectivity index (χ0v) is 11.6. The third kappa shape index (κ3) is 3.63. The average Bonchev–Trinajstić information content (AvgIpc) is 2.30. The Balaban J connectivity index is 2.04. The normalized spacial score (nSPS) is 10.5. The van der Waals surface area contributed by atoms with Crippen molar-refractivity contribution in [2.45, 2.75) is 17.6 Å². The molecule has 88 valence electrons. The summed E-state index contributed by atoms with van der Waals surface area (Å²) >= 11 is 13.6. The van der Waals surface area contributed by atoms with Crippen LogP contribution in [-0.2, 0) is 5.75 Å². The van der Waals surface area contributed by atoms with Gasteiger partial charge in [-0.05, 0) is 30.7 Å². The van der Waals surface area contributed by atoms with Crippen LogP contribution in [-0.4, -0.2) is 4.98 Å². The van der Waals surface area contributed by atoms with Gasteiger partial charge >= 0.3 is 0 Å². The first-order chi connectivity index (χ1) is 8.15. The zero-order valence-electron chi connectivity index (χ0n) is 9.28.